The van der Waals surface area contributed by atoms with E-state index in [0.717, 1.165) is 22.3 Å². The molecular weight excluding hydrogens is 374 g/mol. The third-order valence-corrected chi connectivity index (χ3v) is 4.39. The molecule has 0 saturated carbocycles. The van der Waals surface area contributed by atoms with Gasteiger partial charge in [-0.2, -0.15) is 4.98 Å². The molecule has 0 saturated heterocycles. The molecule has 2 aromatic carbocycles. The van der Waals surface area contributed by atoms with Gasteiger partial charge >= 0.3 is 0 Å². The summed E-state index contributed by atoms with van der Waals surface area (Å²) in [4.78, 5) is 13.5. The predicted octanol–water partition coefficient (Wildman–Crippen LogP) is 5.48. The van der Waals surface area contributed by atoms with Crippen LogP contribution in [0.4, 0.5) is 23.1 Å². The molecule has 0 amide bonds. The van der Waals surface area contributed by atoms with Crippen molar-refractivity contribution in [3.05, 3.63) is 71.5 Å². The van der Waals surface area contributed by atoms with Crippen molar-refractivity contribution in [2.45, 2.75) is 6.92 Å². The summed E-state index contributed by atoms with van der Waals surface area (Å²) in [6.45, 7) is 1.91. The number of benzene rings is 2. The number of para-hydroxylation sites is 1. The lowest BCUT2D eigenvalue weighted by molar-refractivity contribution is 0.417. The first-order chi connectivity index (χ1) is 13.6. The fraction of sp³-hybridized carbons (Fsp3) is 0.0952. The Morgan fingerprint density at radius 2 is 1.79 bits per heavy atom. The zero-order valence-corrected chi connectivity index (χ0v) is 16.2. The van der Waals surface area contributed by atoms with Crippen LogP contribution in [-0.2, 0) is 0 Å². The monoisotopic (exact) mass is 391 g/mol. The van der Waals surface area contributed by atoms with E-state index >= 15 is 0 Å². The smallest absolute Gasteiger partial charge is 0.229 e. The quantitative estimate of drug-likeness (QED) is 0.469. The molecule has 4 aromatic rings. The van der Waals surface area contributed by atoms with Crippen LogP contribution in [0.25, 0.3) is 10.9 Å². The standard InChI is InChI=1S/C21H18ClN5O/c1-13-11-19(25-16-7-3-5-14-6-4-10-23-20(14)16)27-21(24-13)26-17-12-15(22)8-9-18(17)28-2/h3-12H,1-2H3,(H2,24,25,26,27). The molecule has 6 nitrogen and oxygen atoms in total. The number of pyridine rings is 1. The summed E-state index contributed by atoms with van der Waals surface area (Å²) in [5.41, 5.74) is 3.27. The van der Waals surface area contributed by atoms with Crippen molar-refractivity contribution in [1.82, 2.24) is 15.0 Å². The van der Waals surface area contributed by atoms with Gasteiger partial charge in [0, 0.05) is 28.4 Å². The van der Waals surface area contributed by atoms with Gasteiger partial charge in [0.15, 0.2) is 0 Å². The molecule has 2 heterocycles. The molecule has 4 rings (SSSR count). The first kappa shape index (κ1) is 18.0. The fourth-order valence-electron chi connectivity index (χ4n) is 2.93. The molecule has 0 radical (unpaired) electrons. The highest BCUT2D eigenvalue weighted by molar-refractivity contribution is 6.31. The molecule has 0 spiro atoms. The van der Waals surface area contributed by atoms with Gasteiger partial charge < -0.3 is 15.4 Å². The highest BCUT2D eigenvalue weighted by Crippen LogP contribution is 2.30. The second-order valence-corrected chi connectivity index (χ2v) is 6.63. The highest BCUT2D eigenvalue weighted by Gasteiger charge is 2.09. The number of rotatable bonds is 5. The van der Waals surface area contributed by atoms with Crippen molar-refractivity contribution in [2.24, 2.45) is 0 Å². The van der Waals surface area contributed by atoms with E-state index in [1.807, 2.05) is 43.3 Å². The number of hydrogen-bond donors (Lipinski definition) is 2. The van der Waals surface area contributed by atoms with Crippen LogP contribution >= 0.6 is 11.6 Å². The number of methoxy groups -OCH3 is 1. The summed E-state index contributed by atoms with van der Waals surface area (Å²) in [5, 5.41) is 8.17. The average Bonchev–Trinajstić information content (AvgIpc) is 2.68. The summed E-state index contributed by atoms with van der Waals surface area (Å²) >= 11 is 6.11. The summed E-state index contributed by atoms with van der Waals surface area (Å²) in [7, 11) is 1.60. The molecule has 0 fully saturated rings. The van der Waals surface area contributed by atoms with Gasteiger partial charge in [-0.25, -0.2) is 4.98 Å². The average molecular weight is 392 g/mol. The van der Waals surface area contributed by atoms with Crippen LogP contribution in [0.5, 0.6) is 5.75 Å². The minimum Gasteiger partial charge on any atom is -0.495 e. The predicted molar refractivity (Wildman–Crippen MR) is 113 cm³/mol. The van der Waals surface area contributed by atoms with E-state index in [2.05, 4.69) is 25.6 Å². The Labute approximate surface area is 167 Å². The van der Waals surface area contributed by atoms with Crippen molar-refractivity contribution >= 4 is 45.6 Å². The third-order valence-electron chi connectivity index (χ3n) is 4.16. The number of hydrogen-bond acceptors (Lipinski definition) is 6. The Balaban J connectivity index is 1.67. The Morgan fingerprint density at radius 3 is 2.64 bits per heavy atom. The molecular formula is C21H18ClN5O. The number of nitrogens with zero attached hydrogens (tertiary/aromatic N) is 3. The number of anilines is 4. The van der Waals surface area contributed by atoms with E-state index < -0.39 is 0 Å². The molecule has 140 valence electrons. The summed E-state index contributed by atoms with van der Waals surface area (Å²) in [5.74, 6) is 1.76. The van der Waals surface area contributed by atoms with Crippen molar-refractivity contribution in [1.29, 1.82) is 0 Å². The Morgan fingerprint density at radius 1 is 0.929 bits per heavy atom. The van der Waals surface area contributed by atoms with Crippen molar-refractivity contribution in [2.75, 3.05) is 17.7 Å². The van der Waals surface area contributed by atoms with Gasteiger partial charge in [0.1, 0.15) is 11.6 Å². The summed E-state index contributed by atoms with van der Waals surface area (Å²) in [6, 6.07) is 17.1. The topological polar surface area (TPSA) is 72.0 Å². The van der Waals surface area contributed by atoms with E-state index in [1.54, 1.807) is 31.5 Å². The molecule has 0 aliphatic heterocycles. The van der Waals surface area contributed by atoms with Crippen LogP contribution in [0.2, 0.25) is 5.02 Å². The molecule has 0 atom stereocenters. The molecule has 2 N–H and O–H groups in total. The number of fused-ring (bicyclic) bond motifs is 1. The molecule has 2 aromatic heterocycles. The normalized spacial score (nSPS) is 10.7. The number of nitrogens with one attached hydrogen (secondary N) is 2. The van der Waals surface area contributed by atoms with Crippen molar-refractivity contribution in [3.8, 4) is 5.75 Å². The van der Waals surface area contributed by atoms with Gasteiger partial charge in [-0.05, 0) is 37.3 Å². The van der Waals surface area contributed by atoms with Crippen LogP contribution < -0.4 is 15.4 Å². The lowest BCUT2D eigenvalue weighted by Crippen LogP contribution is -2.03. The molecule has 0 aliphatic rings. The van der Waals surface area contributed by atoms with E-state index in [-0.39, 0.29) is 0 Å². The lowest BCUT2D eigenvalue weighted by Gasteiger charge is -2.13. The number of halogens is 1. The number of aromatic nitrogens is 3. The van der Waals surface area contributed by atoms with Gasteiger partial charge in [-0.15, -0.1) is 0 Å². The maximum atomic E-state index is 6.11. The minimum absolute atomic E-state index is 0.441. The van der Waals surface area contributed by atoms with E-state index in [9.17, 15) is 0 Å². The van der Waals surface area contributed by atoms with E-state index in [0.29, 0.717) is 28.2 Å². The molecule has 0 unspecified atom stereocenters. The van der Waals surface area contributed by atoms with Gasteiger partial charge in [-0.3, -0.25) is 4.98 Å². The third kappa shape index (κ3) is 3.82. The van der Waals surface area contributed by atoms with Crippen molar-refractivity contribution in [3.63, 3.8) is 0 Å². The van der Waals surface area contributed by atoms with Gasteiger partial charge in [0.05, 0.1) is 24.0 Å². The minimum atomic E-state index is 0.441. The largest absolute Gasteiger partial charge is 0.495 e. The molecule has 0 aliphatic carbocycles. The zero-order chi connectivity index (χ0) is 19.5. The Hall–Kier alpha value is -3.38. The Kier molecular flexibility index (Phi) is 4.95. The molecule has 0 bridgehead atoms. The number of aryl methyl sites for hydroxylation is 1. The van der Waals surface area contributed by atoms with Gasteiger partial charge in [-0.1, -0.05) is 29.8 Å². The maximum absolute atomic E-state index is 6.11. The SMILES string of the molecule is COc1ccc(Cl)cc1Nc1nc(C)cc(Nc2cccc3cccnc23)n1. The van der Waals surface area contributed by atoms with Crippen molar-refractivity contribution < 1.29 is 4.74 Å². The second-order valence-electron chi connectivity index (χ2n) is 6.19. The summed E-state index contributed by atoms with van der Waals surface area (Å²) in [6.07, 6.45) is 1.77. The molecule has 28 heavy (non-hydrogen) atoms. The van der Waals surface area contributed by atoms with Crippen LogP contribution in [0, 0.1) is 6.92 Å². The number of ether oxygens (including phenoxy) is 1. The van der Waals surface area contributed by atoms with Gasteiger partial charge in [0.2, 0.25) is 5.95 Å². The van der Waals surface area contributed by atoms with Crippen LogP contribution in [0.1, 0.15) is 5.69 Å². The van der Waals surface area contributed by atoms with Crippen LogP contribution in [0.3, 0.4) is 0 Å². The maximum Gasteiger partial charge on any atom is 0.229 e. The summed E-state index contributed by atoms with van der Waals surface area (Å²) < 4.78 is 5.38. The molecule has 7 heteroatoms. The first-order valence-corrected chi connectivity index (χ1v) is 9.07. The lowest BCUT2D eigenvalue weighted by atomic mass is 10.2. The highest BCUT2D eigenvalue weighted by atomic mass is 35.5. The fourth-order valence-corrected chi connectivity index (χ4v) is 3.10. The van der Waals surface area contributed by atoms with E-state index in [1.165, 1.54) is 0 Å². The Bertz CT molecular complexity index is 1140. The van der Waals surface area contributed by atoms with Crippen LogP contribution in [-0.4, -0.2) is 22.1 Å². The first-order valence-electron chi connectivity index (χ1n) is 8.69. The second kappa shape index (κ2) is 7.70. The zero-order valence-electron chi connectivity index (χ0n) is 15.4. The van der Waals surface area contributed by atoms with Crippen LogP contribution in [0.15, 0.2) is 60.8 Å². The van der Waals surface area contributed by atoms with Gasteiger partial charge in [0.25, 0.3) is 0 Å². The van der Waals surface area contributed by atoms with E-state index in [4.69, 9.17) is 16.3 Å².